The van der Waals surface area contributed by atoms with E-state index in [0.29, 0.717) is 0 Å². The highest BCUT2D eigenvalue weighted by atomic mass is 32.1. The number of aliphatic carboxylic acids is 1. The van der Waals surface area contributed by atoms with Crippen LogP contribution in [0.1, 0.15) is 19.5 Å². The van der Waals surface area contributed by atoms with Gasteiger partial charge < -0.3 is 5.11 Å². The lowest BCUT2D eigenvalue weighted by molar-refractivity contribution is -0.132. The first kappa shape index (κ1) is 14.8. The standard InChI is InChI=1S/C16H9NO2S2/c1-2-12-3-4-13(20-12)5-6-14-7-8-15(21-14)9-11(10-17)16(18)19/h1,3-9H,(H,18,19)/b6-5+,11-9+. The Kier molecular flexibility index (Phi) is 4.73. The summed E-state index contributed by atoms with van der Waals surface area (Å²) in [4.78, 5) is 14.4. The number of terminal acetylenes is 1. The third-order valence-corrected chi connectivity index (χ3v) is 4.45. The number of carboxylic acid groups (broad SMARTS) is 1. The van der Waals surface area contributed by atoms with Crippen LogP contribution in [0.2, 0.25) is 0 Å². The van der Waals surface area contributed by atoms with Crippen LogP contribution in [-0.2, 0) is 4.79 Å². The van der Waals surface area contributed by atoms with Gasteiger partial charge in [-0.15, -0.1) is 29.1 Å². The van der Waals surface area contributed by atoms with Gasteiger partial charge in [0.2, 0.25) is 0 Å². The van der Waals surface area contributed by atoms with Crippen molar-refractivity contribution in [2.45, 2.75) is 0 Å². The Bertz CT molecular complexity index is 810. The van der Waals surface area contributed by atoms with E-state index in [1.165, 1.54) is 28.7 Å². The van der Waals surface area contributed by atoms with Gasteiger partial charge in [0.15, 0.2) is 0 Å². The Morgan fingerprint density at radius 3 is 2.33 bits per heavy atom. The molecule has 0 saturated carbocycles. The summed E-state index contributed by atoms with van der Waals surface area (Å²) in [7, 11) is 0. The number of nitrogens with zero attached hydrogens (tertiary/aromatic N) is 1. The fraction of sp³-hybridized carbons (Fsp3) is 0. The highest BCUT2D eigenvalue weighted by Crippen LogP contribution is 2.23. The molecule has 0 spiro atoms. The molecule has 0 aliphatic rings. The van der Waals surface area contributed by atoms with Crippen LogP contribution in [0.3, 0.4) is 0 Å². The summed E-state index contributed by atoms with van der Waals surface area (Å²) < 4.78 is 0. The second-order valence-corrected chi connectivity index (χ2v) is 6.16. The molecule has 0 radical (unpaired) electrons. The topological polar surface area (TPSA) is 61.1 Å². The van der Waals surface area contributed by atoms with Gasteiger partial charge in [0, 0.05) is 14.6 Å². The van der Waals surface area contributed by atoms with Gasteiger partial charge in [0.05, 0.1) is 4.88 Å². The van der Waals surface area contributed by atoms with Crippen LogP contribution in [0.15, 0.2) is 29.8 Å². The minimum absolute atomic E-state index is 0.274. The van der Waals surface area contributed by atoms with Crippen LogP contribution in [0, 0.1) is 23.7 Å². The Hall–Kier alpha value is -2.60. The molecule has 0 fully saturated rings. The monoisotopic (exact) mass is 311 g/mol. The molecule has 2 aromatic rings. The second kappa shape index (κ2) is 6.71. The lowest BCUT2D eigenvalue weighted by atomic mass is 10.2. The largest absolute Gasteiger partial charge is 0.477 e. The third kappa shape index (κ3) is 3.93. The van der Waals surface area contributed by atoms with Crippen LogP contribution in [0.25, 0.3) is 18.2 Å². The van der Waals surface area contributed by atoms with Crippen molar-refractivity contribution >= 4 is 46.9 Å². The maximum absolute atomic E-state index is 10.8. The summed E-state index contributed by atoms with van der Waals surface area (Å²) in [5.74, 6) is 1.36. The summed E-state index contributed by atoms with van der Waals surface area (Å²) in [5, 5.41) is 17.5. The SMILES string of the molecule is C#Cc1ccc(/C=C/c2ccc(/C=C(\C#N)C(=O)O)s2)s1. The number of nitriles is 1. The van der Waals surface area contributed by atoms with Crippen molar-refractivity contribution < 1.29 is 9.90 Å². The maximum Gasteiger partial charge on any atom is 0.346 e. The summed E-state index contributed by atoms with van der Waals surface area (Å²) in [5.41, 5.74) is -0.274. The van der Waals surface area contributed by atoms with Gasteiger partial charge in [-0.05, 0) is 42.5 Å². The lowest BCUT2D eigenvalue weighted by Crippen LogP contribution is -1.96. The zero-order valence-electron chi connectivity index (χ0n) is 10.7. The first-order valence-electron chi connectivity index (χ1n) is 5.82. The average Bonchev–Trinajstić information content (AvgIpc) is 3.11. The van der Waals surface area contributed by atoms with Crippen molar-refractivity contribution in [3.63, 3.8) is 0 Å². The highest BCUT2D eigenvalue weighted by Gasteiger charge is 2.06. The number of hydrogen-bond acceptors (Lipinski definition) is 4. The molecule has 0 aliphatic heterocycles. The third-order valence-electron chi connectivity index (χ3n) is 2.47. The maximum atomic E-state index is 10.8. The first-order valence-corrected chi connectivity index (χ1v) is 7.45. The summed E-state index contributed by atoms with van der Waals surface area (Å²) in [6, 6.07) is 9.15. The molecule has 3 nitrogen and oxygen atoms in total. The van der Waals surface area contributed by atoms with E-state index < -0.39 is 5.97 Å². The van der Waals surface area contributed by atoms with Crippen molar-refractivity contribution in [3.05, 3.63) is 49.3 Å². The highest BCUT2D eigenvalue weighted by molar-refractivity contribution is 7.14. The Balaban J connectivity index is 2.16. The average molecular weight is 311 g/mol. The molecule has 0 aromatic carbocycles. The van der Waals surface area contributed by atoms with Crippen molar-refractivity contribution in [3.8, 4) is 18.4 Å². The molecule has 2 rings (SSSR count). The summed E-state index contributed by atoms with van der Waals surface area (Å²) >= 11 is 2.94. The van der Waals surface area contributed by atoms with E-state index >= 15 is 0 Å². The molecular weight excluding hydrogens is 302 g/mol. The van der Waals surface area contributed by atoms with Gasteiger partial charge in [0.25, 0.3) is 0 Å². The molecule has 21 heavy (non-hydrogen) atoms. The van der Waals surface area contributed by atoms with Gasteiger partial charge in [-0.3, -0.25) is 0 Å². The number of thiophene rings is 2. The normalized spacial score (nSPS) is 11.2. The van der Waals surface area contributed by atoms with Crippen LogP contribution in [-0.4, -0.2) is 11.1 Å². The van der Waals surface area contributed by atoms with Gasteiger partial charge >= 0.3 is 5.97 Å². The number of rotatable bonds is 4. The molecule has 5 heteroatoms. The lowest BCUT2D eigenvalue weighted by Gasteiger charge is -1.88. The Labute approximate surface area is 130 Å². The molecule has 2 aromatic heterocycles. The molecule has 0 aliphatic carbocycles. The zero-order chi connectivity index (χ0) is 15.2. The van der Waals surface area contributed by atoms with E-state index in [1.807, 2.05) is 30.4 Å². The van der Waals surface area contributed by atoms with Gasteiger partial charge in [-0.1, -0.05) is 5.92 Å². The van der Waals surface area contributed by atoms with E-state index in [2.05, 4.69) is 5.92 Å². The predicted octanol–water partition coefficient (Wildman–Crippen LogP) is 3.95. The van der Waals surface area contributed by atoms with Crippen LogP contribution in [0.4, 0.5) is 0 Å². The van der Waals surface area contributed by atoms with Gasteiger partial charge in [-0.2, -0.15) is 5.26 Å². The molecule has 0 unspecified atom stereocenters. The number of carboxylic acids is 1. The smallest absolute Gasteiger partial charge is 0.346 e. The molecule has 102 valence electrons. The second-order valence-electron chi connectivity index (χ2n) is 3.89. The van der Waals surface area contributed by atoms with Crippen molar-refractivity contribution in [1.82, 2.24) is 0 Å². The Morgan fingerprint density at radius 2 is 1.76 bits per heavy atom. The van der Waals surface area contributed by atoms with E-state index in [4.69, 9.17) is 16.8 Å². The molecule has 1 N–H and O–H groups in total. The van der Waals surface area contributed by atoms with E-state index in [9.17, 15) is 4.79 Å². The van der Waals surface area contributed by atoms with Gasteiger partial charge in [-0.25, -0.2) is 4.79 Å². The van der Waals surface area contributed by atoms with E-state index in [-0.39, 0.29) is 5.57 Å². The Morgan fingerprint density at radius 1 is 1.14 bits per heavy atom. The fourth-order valence-electron chi connectivity index (χ4n) is 1.50. The zero-order valence-corrected chi connectivity index (χ0v) is 12.4. The first-order chi connectivity index (χ1) is 10.1. The molecule has 0 bridgehead atoms. The van der Waals surface area contributed by atoms with Gasteiger partial charge in [0.1, 0.15) is 11.6 Å². The number of hydrogen-bond donors (Lipinski definition) is 1. The molecule has 2 heterocycles. The molecule has 0 saturated heterocycles. The predicted molar refractivity (Wildman–Crippen MR) is 86.7 cm³/mol. The van der Waals surface area contributed by atoms with Crippen LogP contribution in [0.5, 0.6) is 0 Å². The van der Waals surface area contributed by atoms with E-state index in [1.54, 1.807) is 12.1 Å². The van der Waals surface area contributed by atoms with Crippen LogP contribution >= 0.6 is 22.7 Å². The summed E-state index contributed by atoms with van der Waals surface area (Å²) in [6.07, 6.45) is 10.6. The van der Waals surface area contributed by atoms with Crippen molar-refractivity contribution in [2.75, 3.05) is 0 Å². The summed E-state index contributed by atoms with van der Waals surface area (Å²) in [6.45, 7) is 0. The van der Waals surface area contributed by atoms with E-state index in [0.717, 1.165) is 19.5 Å². The van der Waals surface area contributed by atoms with Crippen molar-refractivity contribution in [1.29, 1.82) is 5.26 Å². The fourth-order valence-corrected chi connectivity index (χ4v) is 3.08. The van der Waals surface area contributed by atoms with Crippen LogP contribution < -0.4 is 0 Å². The molecule has 0 amide bonds. The molecular formula is C16H9NO2S2. The minimum Gasteiger partial charge on any atom is -0.477 e. The molecule has 0 atom stereocenters. The number of carbonyl (C=O) groups is 1. The van der Waals surface area contributed by atoms with Crippen molar-refractivity contribution in [2.24, 2.45) is 0 Å². The quantitative estimate of drug-likeness (QED) is 0.528. The minimum atomic E-state index is -1.22.